The molecular weight excluding hydrogens is 262 g/mol. The van der Waals surface area contributed by atoms with E-state index in [-0.39, 0.29) is 17.0 Å². The van der Waals surface area contributed by atoms with Gasteiger partial charge in [0, 0.05) is 18.8 Å². The van der Waals surface area contributed by atoms with Gasteiger partial charge in [-0.15, -0.1) is 0 Å². The van der Waals surface area contributed by atoms with E-state index in [1.807, 2.05) is 7.05 Å². The predicted molar refractivity (Wildman–Crippen MR) is 85.4 cm³/mol. The average Bonchev–Trinajstić information content (AvgIpc) is 2.46. The summed E-state index contributed by atoms with van der Waals surface area (Å²) in [5, 5.41) is 3.26. The van der Waals surface area contributed by atoms with Crippen molar-refractivity contribution in [3.63, 3.8) is 0 Å². The SMILES string of the molecule is CNC(Cn1cnccc1=O)c1ccc(C(C)(C)C)cc1. The van der Waals surface area contributed by atoms with E-state index in [1.165, 1.54) is 23.4 Å². The lowest BCUT2D eigenvalue weighted by Gasteiger charge is -2.22. The van der Waals surface area contributed by atoms with Crippen LogP contribution in [0.5, 0.6) is 0 Å². The molecule has 112 valence electrons. The predicted octanol–water partition coefficient (Wildman–Crippen LogP) is 2.50. The molecule has 0 saturated carbocycles. The monoisotopic (exact) mass is 285 g/mol. The lowest BCUT2D eigenvalue weighted by molar-refractivity contribution is 0.486. The minimum absolute atomic E-state index is 0.0310. The van der Waals surface area contributed by atoms with Gasteiger partial charge in [0.15, 0.2) is 0 Å². The van der Waals surface area contributed by atoms with Crippen LogP contribution in [0.25, 0.3) is 0 Å². The normalized spacial score (nSPS) is 13.1. The molecular formula is C17H23N3O. The van der Waals surface area contributed by atoms with Crippen molar-refractivity contribution in [2.75, 3.05) is 7.05 Å². The first-order valence-corrected chi connectivity index (χ1v) is 7.20. The lowest BCUT2D eigenvalue weighted by atomic mass is 9.86. The minimum Gasteiger partial charge on any atom is -0.312 e. The van der Waals surface area contributed by atoms with Gasteiger partial charge in [0.1, 0.15) is 0 Å². The van der Waals surface area contributed by atoms with Crippen LogP contribution in [0.1, 0.15) is 37.9 Å². The molecule has 2 aromatic rings. The Morgan fingerprint density at radius 1 is 1.19 bits per heavy atom. The molecule has 21 heavy (non-hydrogen) atoms. The van der Waals surface area contributed by atoms with Gasteiger partial charge in [-0.25, -0.2) is 4.98 Å². The van der Waals surface area contributed by atoms with Gasteiger partial charge < -0.3 is 5.32 Å². The number of likely N-dealkylation sites (N-methyl/N-ethyl adjacent to an activating group) is 1. The van der Waals surface area contributed by atoms with Crippen LogP contribution in [-0.4, -0.2) is 16.6 Å². The summed E-state index contributed by atoms with van der Waals surface area (Å²) in [5.41, 5.74) is 2.59. The van der Waals surface area contributed by atoms with E-state index >= 15 is 0 Å². The first-order chi connectivity index (χ1) is 9.91. The van der Waals surface area contributed by atoms with Gasteiger partial charge in [0.2, 0.25) is 0 Å². The van der Waals surface area contributed by atoms with Crippen LogP contribution in [-0.2, 0) is 12.0 Å². The van der Waals surface area contributed by atoms with E-state index in [4.69, 9.17) is 0 Å². The molecule has 0 bridgehead atoms. The molecule has 0 saturated heterocycles. The van der Waals surface area contributed by atoms with Crippen LogP contribution in [0.15, 0.2) is 47.7 Å². The van der Waals surface area contributed by atoms with Gasteiger partial charge in [-0.3, -0.25) is 9.36 Å². The fourth-order valence-electron chi connectivity index (χ4n) is 2.29. The standard InChI is InChI=1S/C17H23N3O/c1-17(2,3)14-7-5-13(6-8-14)15(18-4)11-20-12-19-10-9-16(20)21/h5-10,12,15,18H,11H2,1-4H3. The van der Waals surface area contributed by atoms with Crippen molar-refractivity contribution >= 4 is 0 Å². The molecule has 0 amide bonds. The van der Waals surface area contributed by atoms with Crippen molar-refractivity contribution in [3.05, 3.63) is 64.3 Å². The second-order valence-corrected chi connectivity index (χ2v) is 6.28. The molecule has 1 aromatic carbocycles. The smallest absolute Gasteiger partial charge is 0.253 e. The molecule has 4 nitrogen and oxygen atoms in total. The number of hydrogen-bond donors (Lipinski definition) is 1. The maximum absolute atomic E-state index is 11.8. The number of nitrogens with one attached hydrogen (secondary N) is 1. The summed E-state index contributed by atoms with van der Waals surface area (Å²) >= 11 is 0. The third-order valence-electron chi connectivity index (χ3n) is 3.70. The van der Waals surface area contributed by atoms with E-state index in [0.717, 1.165) is 0 Å². The number of hydrogen-bond acceptors (Lipinski definition) is 3. The van der Waals surface area contributed by atoms with Gasteiger partial charge in [-0.1, -0.05) is 45.0 Å². The quantitative estimate of drug-likeness (QED) is 0.939. The zero-order valence-corrected chi connectivity index (χ0v) is 13.1. The van der Waals surface area contributed by atoms with Gasteiger partial charge in [-0.2, -0.15) is 0 Å². The zero-order chi connectivity index (χ0) is 15.5. The second kappa shape index (κ2) is 6.22. The third kappa shape index (κ3) is 3.79. The zero-order valence-electron chi connectivity index (χ0n) is 13.1. The van der Waals surface area contributed by atoms with Crippen molar-refractivity contribution in [1.82, 2.24) is 14.9 Å². The van der Waals surface area contributed by atoms with Crippen molar-refractivity contribution in [2.24, 2.45) is 0 Å². The average molecular weight is 285 g/mol. The molecule has 0 spiro atoms. The highest BCUT2D eigenvalue weighted by molar-refractivity contribution is 5.29. The van der Waals surface area contributed by atoms with Crippen LogP contribution in [0.3, 0.4) is 0 Å². The topological polar surface area (TPSA) is 46.9 Å². The lowest BCUT2D eigenvalue weighted by Crippen LogP contribution is -2.28. The molecule has 1 N–H and O–H groups in total. The van der Waals surface area contributed by atoms with Gasteiger partial charge in [0.25, 0.3) is 5.56 Å². The Morgan fingerprint density at radius 3 is 2.38 bits per heavy atom. The molecule has 0 radical (unpaired) electrons. The van der Waals surface area contributed by atoms with Gasteiger partial charge in [0.05, 0.1) is 12.4 Å². The summed E-state index contributed by atoms with van der Waals surface area (Å²) in [6, 6.07) is 10.1. The van der Waals surface area contributed by atoms with Crippen molar-refractivity contribution in [3.8, 4) is 0 Å². The fourth-order valence-corrected chi connectivity index (χ4v) is 2.29. The Bertz CT molecular complexity index is 638. The molecule has 1 atom stereocenters. The van der Waals surface area contributed by atoms with Crippen LogP contribution < -0.4 is 10.9 Å². The highest BCUT2D eigenvalue weighted by Gasteiger charge is 2.15. The molecule has 1 unspecified atom stereocenters. The summed E-state index contributed by atoms with van der Waals surface area (Å²) in [4.78, 5) is 15.8. The summed E-state index contributed by atoms with van der Waals surface area (Å²) in [6.07, 6.45) is 3.10. The number of benzene rings is 1. The summed E-state index contributed by atoms with van der Waals surface area (Å²) in [6.45, 7) is 7.17. The van der Waals surface area contributed by atoms with Crippen LogP contribution in [0.2, 0.25) is 0 Å². The van der Waals surface area contributed by atoms with E-state index in [1.54, 1.807) is 10.9 Å². The van der Waals surface area contributed by atoms with Gasteiger partial charge >= 0.3 is 0 Å². The highest BCUT2D eigenvalue weighted by Crippen LogP contribution is 2.24. The summed E-state index contributed by atoms with van der Waals surface area (Å²) in [7, 11) is 1.91. The van der Waals surface area contributed by atoms with Crippen molar-refractivity contribution < 1.29 is 0 Å². The van der Waals surface area contributed by atoms with Gasteiger partial charge in [-0.05, 0) is 23.6 Å². The van der Waals surface area contributed by atoms with E-state index in [0.29, 0.717) is 6.54 Å². The maximum Gasteiger partial charge on any atom is 0.253 e. The van der Waals surface area contributed by atoms with Crippen LogP contribution in [0.4, 0.5) is 0 Å². The Kier molecular flexibility index (Phi) is 4.58. The van der Waals surface area contributed by atoms with Crippen LogP contribution >= 0.6 is 0 Å². The first kappa shape index (κ1) is 15.4. The van der Waals surface area contributed by atoms with Crippen molar-refractivity contribution in [2.45, 2.75) is 38.8 Å². The van der Waals surface area contributed by atoms with E-state index in [2.05, 4.69) is 55.3 Å². The fraction of sp³-hybridized carbons (Fsp3) is 0.412. The van der Waals surface area contributed by atoms with Crippen molar-refractivity contribution in [1.29, 1.82) is 0 Å². The summed E-state index contributed by atoms with van der Waals surface area (Å²) < 4.78 is 1.62. The first-order valence-electron chi connectivity index (χ1n) is 7.20. The Hall–Kier alpha value is -1.94. The number of aromatic nitrogens is 2. The minimum atomic E-state index is -0.0310. The summed E-state index contributed by atoms with van der Waals surface area (Å²) in [5.74, 6) is 0. The number of rotatable bonds is 4. The molecule has 4 heteroatoms. The van der Waals surface area contributed by atoms with E-state index < -0.39 is 0 Å². The van der Waals surface area contributed by atoms with E-state index in [9.17, 15) is 4.79 Å². The molecule has 2 rings (SSSR count). The molecule has 0 fully saturated rings. The maximum atomic E-state index is 11.8. The largest absolute Gasteiger partial charge is 0.312 e. The molecule has 1 heterocycles. The highest BCUT2D eigenvalue weighted by atomic mass is 16.1. The molecule has 0 aliphatic rings. The third-order valence-corrected chi connectivity index (χ3v) is 3.70. The molecule has 1 aromatic heterocycles. The Labute approximate surface area is 125 Å². The molecule has 0 aliphatic carbocycles. The second-order valence-electron chi connectivity index (χ2n) is 6.28. The Balaban J connectivity index is 2.22. The molecule has 0 aliphatic heterocycles. The Morgan fingerprint density at radius 2 is 1.86 bits per heavy atom. The van der Waals surface area contributed by atoms with Crippen LogP contribution in [0, 0.1) is 0 Å². The number of nitrogens with zero attached hydrogens (tertiary/aromatic N) is 2.